The number of methoxy groups -OCH3 is 2. The van der Waals surface area contributed by atoms with Crippen molar-refractivity contribution < 1.29 is 19.0 Å². The van der Waals surface area contributed by atoms with Crippen LogP contribution in [0.25, 0.3) is 0 Å². The fourth-order valence-corrected chi connectivity index (χ4v) is 3.08. The Kier molecular flexibility index (Phi) is 5.65. The Morgan fingerprint density at radius 3 is 2.39 bits per heavy atom. The lowest BCUT2D eigenvalue weighted by Gasteiger charge is -2.36. The predicted molar refractivity (Wildman–Crippen MR) is 88.9 cm³/mol. The minimum absolute atomic E-state index is 0.0183. The number of hydrogen-bond donors (Lipinski definition) is 0. The number of hydrogen-bond acceptors (Lipinski definition) is 5. The lowest BCUT2D eigenvalue weighted by atomic mass is 10.1. The monoisotopic (exact) mass is 321 g/mol. The van der Waals surface area contributed by atoms with E-state index in [-0.39, 0.29) is 23.7 Å². The van der Waals surface area contributed by atoms with Crippen molar-refractivity contribution in [3.05, 3.63) is 29.8 Å². The van der Waals surface area contributed by atoms with Crippen LogP contribution in [0.3, 0.4) is 0 Å². The highest BCUT2D eigenvalue weighted by atomic mass is 16.5. The molecule has 0 bridgehead atoms. The molecule has 1 fully saturated rings. The summed E-state index contributed by atoms with van der Waals surface area (Å²) in [5, 5.41) is 0. The summed E-state index contributed by atoms with van der Waals surface area (Å²) >= 11 is 0. The summed E-state index contributed by atoms with van der Waals surface area (Å²) in [7, 11) is 3.31. The molecule has 0 spiro atoms. The summed E-state index contributed by atoms with van der Waals surface area (Å²) in [6.07, 6.45) is 0.691. The Bertz CT molecular complexity index is 521. The summed E-state index contributed by atoms with van der Waals surface area (Å²) in [5.41, 5.74) is 0.563. The van der Waals surface area contributed by atoms with E-state index in [1.165, 1.54) is 0 Å². The number of carbonyl (C=O) groups is 1. The second kappa shape index (κ2) is 7.32. The number of carbonyl (C=O) groups excluding carboxylic acids is 1. The fourth-order valence-electron chi connectivity index (χ4n) is 3.08. The van der Waals surface area contributed by atoms with E-state index in [4.69, 9.17) is 14.2 Å². The molecule has 5 heteroatoms. The number of nitrogens with zero attached hydrogens (tertiary/aromatic N) is 1. The third kappa shape index (κ3) is 4.45. The first kappa shape index (κ1) is 17.8. The minimum atomic E-state index is -0.287. The van der Waals surface area contributed by atoms with E-state index < -0.39 is 0 Å². The van der Waals surface area contributed by atoms with Gasteiger partial charge in [-0.3, -0.25) is 4.90 Å². The number of benzene rings is 1. The van der Waals surface area contributed by atoms with Gasteiger partial charge >= 0.3 is 5.97 Å². The zero-order chi connectivity index (χ0) is 17.0. The number of esters is 1. The number of likely N-dealkylation sites (tertiary alicyclic amines) is 1. The van der Waals surface area contributed by atoms with E-state index in [0.29, 0.717) is 12.2 Å². The molecular formula is C18H27NO4. The highest BCUT2D eigenvalue weighted by molar-refractivity contribution is 5.89. The van der Waals surface area contributed by atoms with Crippen molar-refractivity contribution in [1.82, 2.24) is 4.90 Å². The minimum Gasteiger partial charge on any atom is -0.497 e. The van der Waals surface area contributed by atoms with Crippen LogP contribution in [-0.4, -0.2) is 55.9 Å². The van der Waals surface area contributed by atoms with E-state index in [0.717, 1.165) is 18.7 Å². The quantitative estimate of drug-likeness (QED) is 0.781. The van der Waals surface area contributed by atoms with Crippen molar-refractivity contribution in [1.29, 1.82) is 0 Å². The lowest BCUT2D eigenvalue weighted by Crippen LogP contribution is -2.46. The van der Waals surface area contributed by atoms with E-state index in [1.807, 2.05) is 0 Å². The molecule has 1 aliphatic rings. The molecule has 1 aromatic carbocycles. The third-order valence-corrected chi connectivity index (χ3v) is 4.20. The summed E-state index contributed by atoms with van der Waals surface area (Å²) in [6.45, 7) is 7.89. The van der Waals surface area contributed by atoms with E-state index in [9.17, 15) is 4.79 Å². The molecule has 1 aromatic rings. The molecule has 2 rings (SSSR count). The van der Waals surface area contributed by atoms with Crippen LogP contribution in [0.1, 0.15) is 37.6 Å². The zero-order valence-corrected chi connectivity index (χ0v) is 14.7. The van der Waals surface area contributed by atoms with Crippen molar-refractivity contribution in [3.63, 3.8) is 0 Å². The molecule has 128 valence electrons. The smallest absolute Gasteiger partial charge is 0.338 e. The molecule has 0 amide bonds. The van der Waals surface area contributed by atoms with Crippen LogP contribution in [0.5, 0.6) is 5.75 Å². The van der Waals surface area contributed by atoms with Crippen molar-refractivity contribution in [2.24, 2.45) is 0 Å². The van der Waals surface area contributed by atoms with Crippen molar-refractivity contribution in [2.75, 3.05) is 27.4 Å². The standard InChI is InChI=1S/C18H27NO4/c1-18(2,3)19-11-16(10-14(19)12-21-4)23-17(20)13-6-8-15(22-5)9-7-13/h6-9,14,16H,10-12H2,1-5H3/t14-,16+/m1/s1. The molecule has 0 saturated carbocycles. The van der Waals surface area contributed by atoms with Gasteiger partial charge in [0.15, 0.2) is 0 Å². The van der Waals surface area contributed by atoms with Crippen molar-refractivity contribution in [3.8, 4) is 5.75 Å². The molecule has 1 aliphatic heterocycles. The maximum absolute atomic E-state index is 12.3. The Morgan fingerprint density at radius 1 is 1.22 bits per heavy atom. The first-order valence-corrected chi connectivity index (χ1v) is 7.96. The SMILES string of the molecule is COC[C@H]1C[C@H](OC(=O)c2ccc(OC)cc2)CN1C(C)(C)C. The molecule has 5 nitrogen and oxygen atoms in total. The van der Waals surface area contributed by atoms with E-state index in [2.05, 4.69) is 25.7 Å². The van der Waals surface area contributed by atoms with Gasteiger partial charge in [0.2, 0.25) is 0 Å². The largest absolute Gasteiger partial charge is 0.497 e. The molecule has 0 unspecified atom stereocenters. The van der Waals surface area contributed by atoms with Gasteiger partial charge in [0.25, 0.3) is 0 Å². The fraction of sp³-hybridized carbons (Fsp3) is 0.611. The normalized spacial score (nSPS) is 22.1. The van der Waals surface area contributed by atoms with Crippen LogP contribution in [-0.2, 0) is 9.47 Å². The zero-order valence-electron chi connectivity index (χ0n) is 14.7. The lowest BCUT2D eigenvalue weighted by molar-refractivity contribution is 0.0282. The van der Waals surface area contributed by atoms with Gasteiger partial charge in [-0.05, 0) is 45.0 Å². The molecule has 1 heterocycles. The first-order valence-electron chi connectivity index (χ1n) is 7.96. The van der Waals surface area contributed by atoms with Crippen molar-refractivity contribution >= 4 is 5.97 Å². The van der Waals surface area contributed by atoms with Crippen LogP contribution >= 0.6 is 0 Å². The summed E-state index contributed by atoms with van der Waals surface area (Å²) in [5.74, 6) is 0.436. The summed E-state index contributed by atoms with van der Waals surface area (Å²) in [6, 6.07) is 7.25. The van der Waals surface area contributed by atoms with E-state index in [1.54, 1.807) is 38.5 Å². The van der Waals surface area contributed by atoms with Gasteiger partial charge in [0.05, 0.1) is 19.3 Å². The second-order valence-corrected chi connectivity index (χ2v) is 6.92. The van der Waals surface area contributed by atoms with E-state index >= 15 is 0 Å². The molecular weight excluding hydrogens is 294 g/mol. The van der Waals surface area contributed by atoms with Gasteiger partial charge in [0.1, 0.15) is 11.9 Å². The first-order chi connectivity index (χ1) is 10.8. The molecule has 0 N–H and O–H groups in total. The highest BCUT2D eigenvalue weighted by Gasteiger charge is 2.39. The number of rotatable bonds is 5. The van der Waals surface area contributed by atoms with Crippen LogP contribution in [0, 0.1) is 0 Å². The highest BCUT2D eigenvalue weighted by Crippen LogP contribution is 2.29. The van der Waals surface area contributed by atoms with Crippen LogP contribution in [0.2, 0.25) is 0 Å². The van der Waals surface area contributed by atoms with Crippen molar-refractivity contribution in [2.45, 2.75) is 44.9 Å². The van der Waals surface area contributed by atoms with Gasteiger partial charge in [-0.15, -0.1) is 0 Å². The Hall–Kier alpha value is -1.59. The van der Waals surface area contributed by atoms with Gasteiger partial charge in [-0.1, -0.05) is 0 Å². The maximum atomic E-state index is 12.3. The molecule has 0 aliphatic carbocycles. The molecule has 1 saturated heterocycles. The van der Waals surface area contributed by atoms with Gasteiger partial charge in [-0.2, -0.15) is 0 Å². The average Bonchev–Trinajstić information content (AvgIpc) is 2.90. The Labute approximate surface area is 138 Å². The molecule has 0 aromatic heterocycles. The van der Waals surface area contributed by atoms with Crippen LogP contribution in [0.15, 0.2) is 24.3 Å². The summed E-state index contributed by atoms with van der Waals surface area (Å²) in [4.78, 5) is 14.7. The molecule has 23 heavy (non-hydrogen) atoms. The average molecular weight is 321 g/mol. The Morgan fingerprint density at radius 2 is 1.87 bits per heavy atom. The number of ether oxygens (including phenoxy) is 3. The topological polar surface area (TPSA) is 48.0 Å². The molecule has 2 atom stereocenters. The van der Waals surface area contributed by atoms with Crippen LogP contribution in [0.4, 0.5) is 0 Å². The Balaban J connectivity index is 2.00. The van der Waals surface area contributed by atoms with Gasteiger partial charge in [0, 0.05) is 31.7 Å². The maximum Gasteiger partial charge on any atom is 0.338 e. The predicted octanol–water partition coefficient (Wildman–Crippen LogP) is 2.74. The summed E-state index contributed by atoms with van der Waals surface area (Å²) < 4.78 is 16.1. The van der Waals surface area contributed by atoms with Crippen LogP contribution < -0.4 is 4.74 Å². The third-order valence-electron chi connectivity index (χ3n) is 4.20. The van der Waals surface area contributed by atoms with Gasteiger partial charge < -0.3 is 14.2 Å². The molecule has 0 radical (unpaired) electrons. The van der Waals surface area contributed by atoms with Gasteiger partial charge in [-0.25, -0.2) is 4.79 Å². The second-order valence-electron chi connectivity index (χ2n) is 6.92.